The summed E-state index contributed by atoms with van der Waals surface area (Å²) in [6, 6.07) is 0. The van der Waals surface area contributed by atoms with Crippen LogP contribution in [0, 0.1) is 0 Å². The van der Waals surface area contributed by atoms with Crippen LogP contribution in [0.4, 0.5) is 18.9 Å². The van der Waals surface area contributed by atoms with Gasteiger partial charge in [0.05, 0.1) is 11.4 Å². The maximum absolute atomic E-state index is 12.0. The van der Waals surface area contributed by atoms with Crippen molar-refractivity contribution >= 4 is 5.69 Å². The molecule has 7 heteroatoms. The van der Waals surface area contributed by atoms with Crippen molar-refractivity contribution in [1.29, 1.82) is 0 Å². The molecule has 1 atom stereocenters. The Labute approximate surface area is 91.1 Å². The summed E-state index contributed by atoms with van der Waals surface area (Å²) in [6.07, 6.45) is -4.76. The molecule has 1 unspecified atom stereocenters. The number of alkyl halides is 3. The zero-order chi connectivity index (χ0) is 12.3. The van der Waals surface area contributed by atoms with Gasteiger partial charge in [0.1, 0.15) is 0 Å². The molecule has 0 fully saturated rings. The van der Waals surface area contributed by atoms with Crippen LogP contribution in [0.15, 0.2) is 6.20 Å². The van der Waals surface area contributed by atoms with E-state index in [1.807, 2.05) is 6.92 Å². The van der Waals surface area contributed by atoms with E-state index < -0.39 is 18.8 Å². The van der Waals surface area contributed by atoms with Crippen molar-refractivity contribution in [3.63, 3.8) is 0 Å². The van der Waals surface area contributed by atoms with Gasteiger partial charge in [0, 0.05) is 19.8 Å². The van der Waals surface area contributed by atoms with Crippen LogP contribution in [0.5, 0.6) is 0 Å². The largest absolute Gasteiger partial charge is 0.416 e. The molecule has 1 heterocycles. The molecule has 0 amide bonds. The van der Waals surface area contributed by atoms with Crippen molar-refractivity contribution in [3.05, 3.63) is 11.9 Å². The molecule has 0 saturated heterocycles. The second kappa shape index (κ2) is 4.73. The van der Waals surface area contributed by atoms with E-state index in [1.165, 1.54) is 4.68 Å². The predicted octanol–water partition coefficient (Wildman–Crippen LogP) is 1.32. The Hall–Kier alpha value is -1.24. The van der Waals surface area contributed by atoms with Crippen LogP contribution >= 0.6 is 0 Å². The summed E-state index contributed by atoms with van der Waals surface area (Å²) in [7, 11) is 1.69. The third-order valence-corrected chi connectivity index (χ3v) is 2.10. The van der Waals surface area contributed by atoms with E-state index in [1.54, 1.807) is 13.2 Å². The summed E-state index contributed by atoms with van der Waals surface area (Å²) >= 11 is 0. The number of nitrogens with one attached hydrogen (secondary N) is 1. The van der Waals surface area contributed by atoms with Crippen molar-refractivity contribution < 1.29 is 18.3 Å². The molecule has 1 aromatic heterocycles. The summed E-state index contributed by atoms with van der Waals surface area (Å²) in [4.78, 5) is 0. The first-order valence-electron chi connectivity index (χ1n) is 4.85. The van der Waals surface area contributed by atoms with Gasteiger partial charge in [-0.3, -0.25) is 4.68 Å². The highest BCUT2D eigenvalue weighted by Crippen LogP contribution is 2.21. The van der Waals surface area contributed by atoms with Gasteiger partial charge >= 0.3 is 6.18 Å². The van der Waals surface area contributed by atoms with E-state index in [4.69, 9.17) is 5.11 Å². The smallest absolute Gasteiger partial charge is 0.382 e. The molecule has 1 rings (SSSR count). The highest BCUT2D eigenvalue weighted by molar-refractivity contribution is 5.46. The standard InChI is InChI=1S/C9H14F3N3O/c1-3-6-7(5-15(2)14-6)13-4-8(16)9(10,11)12/h5,8,13,16H,3-4H2,1-2H3. The lowest BCUT2D eigenvalue weighted by Gasteiger charge is -2.15. The zero-order valence-electron chi connectivity index (χ0n) is 9.04. The zero-order valence-corrected chi connectivity index (χ0v) is 9.04. The highest BCUT2D eigenvalue weighted by atomic mass is 19.4. The van der Waals surface area contributed by atoms with Crippen LogP contribution < -0.4 is 5.32 Å². The molecule has 92 valence electrons. The van der Waals surface area contributed by atoms with Crippen molar-refractivity contribution in [2.45, 2.75) is 25.6 Å². The lowest BCUT2D eigenvalue weighted by atomic mass is 10.3. The Morgan fingerprint density at radius 1 is 1.56 bits per heavy atom. The number of halogens is 3. The minimum absolute atomic E-state index is 0.522. The summed E-state index contributed by atoms with van der Waals surface area (Å²) in [5.41, 5.74) is 1.20. The molecule has 0 aliphatic heterocycles. The Balaban J connectivity index is 2.61. The van der Waals surface area contributed by atoms with E-state index in [9.17, 15) is 13.2 Å². The number of anilines is 1. The van der Waals surface area contributed by atoms with Gasteiger partial charge in [-0.2, -0.15) is 18.3 Å². The summed E-state index contributed by atoms with van der Waals surface area (Å²) < 4.78 is 37.6. The average Bonchev–Trinajstić information content (AvgIpc) is 2.53. The quantitative estimate of drug-likeness (QED) is 0.830. The predicted molar refractivity (Wildman–Crippen MR) is 53.1 cm³/mol. The van der Waals surface area contributed by atoms with Crippen molar-refractivity contribution in [1.82, 2.24) is 9.78 Å². The Kier molecular flexibility index (Phi) is 3.79. The lowest BCUT2D eigenvalue weighted by Crippen LogP contribution is -2.35. The fourth-order valence-corrected chi connectivity index (χ4v) is 1.27. The molecule has 1 aromatic rings. The molecule has 0 bridgehead atoms. The maximum atomic E-state index is 12.0. The number of aliphatic hydroxyl groups is 1. The number of rotatable bonds is 4. The molecular weight excluding hydrogens is 223 g/mol. The van der Waals surface area contributed by atoms with Gasteiger partial charge in [-0.15, -0.1) is 0 Å². The molecule has 0 aromatic carbocycles. The average molecular weight is 237 g/mol. The van der Waals surface area contributed by atoms with E-state index in [0.29, 0.717) is 17.8 Å². The number of nitrogens with zero attached hydrogens (tertiary/aromatic N) is 2. The minimum atomic E-state index is -4.60. The second-order valence-corrected chi connectivity index (χ2v) is 3.46. The molecule has 0 spiro atoms. The highest BCUT2D eigenvalue weighted by Gasteiger charge is 2.37. The van der Waals surface area contributed by atoms with Gasteiger partial charge in [0.2, 0.25) is 0 Å². The second-order valence-electron chi connectivity index (χ2n) is 3.46. The van der Waals surface area contributed by atoms with E-state index in [0.717, 1.165) is 0 Å². The lowest BCUT2D eigenvalue weighted by molar-refractivity contribution is -0.198. The Bertz CT molecular complexity index is 348. The van der Waals surface area contributed by atoms with Gasteiger partial charge in [-0.25, -0.2) is 0 Å². The summed E-state index contributed by atoms with van der Waals surface area (Å²) in [5, 5.41) is 15.4. The van der Waals surface area contributed by atoms with E-state index in [2.05, 4.69) is 10.4 Å². The van der Waals surface area contributed by atoms with Gasteiger partial charge in [-0.05, 0) is 6.42 Å². The fraction of sp³-hybridized carbons (Fsp3) is 0.667. The third-order valence-electron chi connectivity index (χ3n) is 2.10. The number of aromatic nitrogens is 2. The van der Waals surface area contributed by atoms with Gasteiger partial charge in [-0.1, -0.05) is 6.92 Å². The van der Waals surface area contributed by atoms with Crippen LogP contribution in [0.3, 0.4) is 0 Å². The normalized spacial score (nSPS) is 13.9. The molecule has 0 aliphatic rings. The fourth-order valence-electron chi connectivity index (χ4n) is 1.27. The maximum Gasteiger partial charge on any atom is 0.416 e. The van der Waals surface area contributed by atoms with Crippen LogP contribution in [-0.2, 0) is 13.5 Å². The molecule has 0 saturated carbocycles. The number of aliphatic hydroxyl groups excluding tert-OH is 1. The molecule has 2 N–H and O–H groups in total. The third kappa shape index (κ3) is 3.13. The minimum Gasteiger partial charge on any atom is -0.382 e. The number of hydrogen-bond acceptors (Lipinski definition) is 3. The van der Waals surface area contributed by atoms with Crippen LogP contribution in [0.2, 0.25) is 0 Å². The van der Waals surface area contributed by atoms with Crippen molar-refractivity contribution in [2.75, 3.05) is 11.9 Å². The first-order valence-corrected chi connectivity index (χ1v) is 4.85. The Morgan fingerprint density at radius 3 is 2.69 bits per heavy atom. The first kappa shape index (κ1) is 12.8. The van der Waals surface area contributed by atoms with Crippen LogP contribution in [0.25, 0.3) is 0 Å². The van der Waals surface area contributed by atoms with E-state index in [-0.39, 0.29) is 0 Å². The van der Waals surface area contributed by atoms with Gasteiger partial charge < -0.3 is 10.4 Å². The Morgan fingerprint density at radius 2 is 2.19 bits per heavy atom. The number of hydrogen-bond donors (Lipinski definition) is 2. The molecule has 4 nitrogen and oxygen atoms in total. The summed E-state index contributed by atoms with van der Waals surface area (Å²) in [6.45, 7) is 1.29. The number of aryl methyl sites for hydroxylation is 2. The molecular formula is C9H14F3N3O. The molecule has 16 heavy (non-hydrogen) atoms. The van der Waals surface area contributed by atoms with Gasteiger partial charge in [0.15, 0.2) is 6.10 Å². The SMILES string of the molecule is CCc1nn(C)cc1NCC(O)C(F)(F)F. The molecule has 0 aliphatic carbocycles. The first-order chi connectivity index (χ1) is 7.34. The van der Waals surface area contributed by atoms with E-state index >= 15 is 0 Å². The van der Waals surface area contributed by atoms with Crippen LogP contribution in [-0.4, -0.2) is 33.7 Å². The van der Waals surface area contributed by atoms with Crippen molar-refractivity contribution in [3.8, 4) is 0 Å². The van der Waals surface area contributed by atoms with Gasteiger partial charge in [0.25, 0.3) is 0 Å². The summed E-state index contributed by atoms with van der Waals surface area (Å²) in [5.74, 6) is 0. The van der Waals surface area contributed by atoms with Crippen LogP contribution in [0.1, 0.15) is 12.6 Å². The van der Waals surface area contributed by atoms with Crippen molar-refractivity contribution in [2.24, 2.45) is 7.05 Å². The molecule has 0 radical (unpaired) electrons. The topological polar surface area (TPSA) is 50.1 Å². The monoisotopic (exact) mass is 237 g/mol.